The Balaban J connectivity index is 2.32. The third kappa shape index (κ3) is 7.94. The third-order valence-electron chi connectivity index (χ3n) is 2.67. The minimum atomic E-state index is -3.17. The molecule has 0 aromatic heterocycles. The first-order valence-corrected chi connectivity index (χ1v) is 8.18. The number of hydrogen-bond acceptors (Lipinski definition) is 4. The highest BCUT2D eigenvalue weighted by molar-refractivity contribution is 7.88. The number of hydrazine groups is 1. The number of benzene rings is 1. The van der Waals surface area contributed by atoms with Crippen molar-refractivity contribution >= 4 is 10.0 Å². The van der Waals surface area contributed by atoms with Crippen LogP contribution in [0.15, 0.2) is 24.3 Å². The summed E-state index contributed by atoms with van der Waals surface area (Å²) in [4.78, 5) is 4.41. The fourth-order valence-electron chi connectivity index (χ4n) is 1.61. The second-order valence-electron chi connectivity index (χ2n) is 4.92. The molecule has 0 aliphatic carbocycles. The number of hydrogen-bond donors (Lipinski definition) is 2. The van der Waals surface area contributed by atoms with E-state index >= 15 is 0 Å². The minimum absolute atomic E-state index is 0.574. The van der Waals surface area contributed by atoms with Gasteiger partial charge in [0.25, 0.3) is 0 Å². The number of nitrogens with zero attached hydrogens (tertiary/aromatic N) is 1. The van der Waals surface area contributed by atoms with Crippen LogP contribution in [0.5, 0.6) is 0 Å². The van der Waals surface area contributed by atoms with E-state index in [1.807, 2.05) is 0 Å². The molecule has 19 heavy (non-hydrogen) atoms. The van der Waals surface area contributed by atoms with E-state index in [4.69, 9.17) is 0 Å². The van der Waals surface area contributed by atoms with Crippen molar-refractivity contribution in [2.75, 3.05) is 33.4 Å². The molecule has 108 valence electrons. The summed E-state index contributed by atoms with van der Waals surface area (Å²) in [5.74, 6) is 0. The van der Waals surface area contributed by atoms with Crippen LogP contribution in [0.3, 0.4) is 0 Å². The zero-order valence-corrected chi connectivity index (χ0v) is 12.6. The van der Waals surface area contributed by atoms with E-state index in [9.17, 15) is 8.42 Å². The van der Waals surface area contributed by atoms with Crippen LogP contribution in [-0.2, 0) is 22.9 Å². The monoisotopic (exact) mass is 285 g/mol. The van der Waals surface area contributed by atoms with Crippen LogP contribution in [-0.4, -0.2) is 46.8 Å². The number of rotatable bonds is 8. The van der Waals surface area contributed by atoms with E-state index in [0.29, 0.717) is 6.54 Å². The third-order valence-corrected chi connectivity index (χ3v) is 3.18. The molecule has 0 saturated carbocycles. The molecule has 0 bridgehead atoms. The van der Waals surface area contributed by atoms with Crippen LogP contribution < -0.4 is 10.3 Å². The van der Waals surface area contributed by atoms with Gasteiger partial charge in [-0.2, -0.15) is 4.83 Å². The molecule has 0 aliphatic rings. The first kappa shape index (κ1) is 16.1. The Morgan fingerprint density at radius 1 is 1.05 bits per heavy atom. The van der Waals surface area contributed by atoms with Crippen LogP contribution in [0.25, 0.3) is 0 Å². The van der Waals surface area contributed by atoms with Crippen molar-refractivity contribution in [1.29, 1.82) is 0 Å². The maximum absolute atomic E-state index is 10.8. The van der Waals surface area contributed by atoms with Crippen molar-refractivity contribution in [1.82, 2.24) is 15.2 Å². The van der Waals surface area contributed by atoms with Gasteiger partial charge in [0.15, 0.2) is 0 Å². The molecule has 1 rings (SSSR count). The summed E-state index contributed by atoms with van der Waals surface area (Å²) >= 11 is 0. The topological polar surface area (TPSA) is 61.4 Å². The molecule has 0 amide bonds. The molecule has 1 aromatic carbocycles. The van der Waals surface area contributed by atoms with E-state index in [0.717, 1.165) is 25.6 Å². The first-order chi connectivity index (χ1) is 8.87. The van der Waals surface area contributed by atoms with Crippen LogP contribution in [0.2, 0.25) is 0 Å². The maximum Gasteiger partial charge on any atom is 0.221 e. The van der Waals surface area contributed by atoms with Gasteiger partial charge >= 0.3 is 0 Å². The minimum Gasteiger partial charge on any atom is -0.309 e. The standard InChI is InChI=1S/C13H23N3O2S/c1-16(2)11-9-13-6-4-12(5-7-13)8-10-14-15-19(3,17)18/h4-7,14-15H,8-11H2,1-3H3. The van der Waals surface area contributed by atoms with Crippen LogP contribution in [0, 0.1) is 0 Å². The first-order valence-electron chi connectivity index (χ1n) is 6.29. The van der Waals surface area contributed by atoms with Crippen LogP contribution in [0.4, 0.5) is 0 Å². The Bertz CT molecular complexity index is 469. The summed E-state index contributed by atoms with van der Waals surface area (Å²) in [7, 11) is 0.962. The summed E-state index contributed by atoms with van der Waals surface area (Å²) in [6.45, 7) is 1.61. The largest absolute Gasteiger partial charge is 0.309 e. The zero-order chi connectivity index (χ0) is 14.3. The molecule has 0 atom stereocenters. The summed E-state index contributed by atoms with van der Waals surface area (Å²) in [6.07, 6.45) is 2.96. The number of likely N-dealkylation sites (N-methyl/N-ethyl adjacent to an activating group) is 1. The van der Waals surface area contributed by atoms with Gasteiger partial charge in [0, 0.05) is 13.1 Å². The second-order valence-corrected chi connectivity index (χ2v) is 6.67. The molecule has 0 spiro atoms. The summed E-state index contributed by atoms with van der Waals surface area (Å²) in [5.41, 5.74) is 5.19. The molecule has 0 radical (unpaired) electrons. The Morgan fingerprint density at radius 3 is 2.05 bits per heavy atom. The quantitative estimate of drug-likeness (QED) is 0.536. The van der Waals surface area contributed by atoms with E-state index in [2.05, 4.69) is 53.5 Å². The van der Waals surface area contributed by atoms with E-state index in [-0.39, 0.29) is 0 Å². The Morgan fingerprint density at radius 2 is 1.58 bits per heavy atom. The highest BCUT2D eigenvalue weighted by atomic mass is 32.2. The van der Waals surface area contributed by atoms with E-state index in [1.54, 1.807) is 0 Å². The number of nitrogens with one attached hydrogen (secondary N) is 2. The molecular weight excluding hydrogens is 262 g/mol. The lowest BCUT2D eigenvalue weighted by molar-refractivity contribution is 0.413. The van der Waals surface area contributed by atoms with Gasteiger partial charge in [0.05, 0.1) is 6.26 Å². The molecule has 6 heteroatoms. The molecular formula is C13H23N3O2S. The van der Waals surface area contributed by atoms with Gasteiger partial charge in [0.1, 0.15) is 0 Å². The van der Waals surface area contributed by atoms with E-state index in [1.165, 1.54) is 11.1 Å². The van der Waals surface area contributed by atoms with Gasteiger partial charge in [-0.15, -0.1) is 0 Å². The lowest BCUT2D eigenvalue weighted by atomic mass is 10.1. The fourth-order valence-corrected chi connectivity index (χ4v) is 1.98. The SMILES string of the molecule is CN(C)CCc1ccc(CCNNS(C)(=O)=O)cc1. The van der Waals surface area contributed by atoms with Gasteiger partial charge in [0.2, 0.25) is 10.0 Å². The molecule has 2 N–H and O–H groups in total. The maximum atomic E-state index is 10.8. The molecule has 0 saturated heterocycles. The Hall–Kier alpha value is -0.950. The molecule has 5 nitrogen and oxygen atoms in total. The van der Waals surface area contributed by atoms with Crippen LogP contribution in [0.1, 0.15) is 11.1 Å². The summed E-state index contributed by atoms with van der Waals surface area (Å²) < 4.78 is 21.7. The van der Waals surface area contributed by atoms with Gasteiger partial charge in [-0.1, -0.05) is 24.3 Å². The van der Waals surface area contributed by atoms with Gasteiger partial charge in [-0.3, -0.25) is 0 Å². The molecule has 1 aromatic rings. The Kier molecular flexibility index (Phi) is 6.44. The van der Waals surface area contributed by atoms with Crippen molar-refractivity contribution in [3.8, 4) is 0 Å². The predicted octanol–water partition coefficient (Wildman–Crippen LogP) is 0.387. The lowest BCUT2D eigenvalue weighted by Crippen LogP contribution is -2.37. The fraction of sp³-hybridized carbons (Fsp3) is 0.538. The highest BCUT2D eigenvalue weighted by Crippen LogP contribution is 2.05. The lowest BCUT2D eigenvalue weighted by Gasteiger charge is -2.10. The van der Waals surface area contributed by atoms with Gasteiger partial charge in [-0.05, 0) is 38.1 Å². The van der Waals surface area contributed by atoms with Crippen molar-refractivity contribution < 1.29 is 8.42 Å². The van der Waals surface area contributed by atoms with Gasteiger partial charge in [-0.25, -0.2) is 13.8 Å². The average Bonchev–Trinajstić information content (AvgIpc) is 2.32. The highest BCUT2D eigenvalue weighted by Gasteiger charge is 1.99. The zero-order valence-electron chi connectivity index (χ0n) is 11.8. The number of sulfonamides is 1. The molecule has 0 fully saturated rings. The van der Waals surface area contributed by atoms with Gasteiger partial charge < -0.3 is 4.90 Å². The molecule has 0 heterocycles. The molecule has 0 unspecified atom stereocenters. The smallest absolute Gasteiger partial charge is 0.221 e. The van der Waals surface area contributed by atoms with E-state index < -0.39 is 10.0 Å². The van der Waals surface area contributed by atoms with Crippen LogP contribution >= 0.6 is 0 Å². The normalized spacial score (nSPS) is 12.0. The van der Waals surface area contributed by atoms with Crippen molar-refractivity contribution in [2.45, 2.75) is 12.8 Å². The Labute approximate surface area is 116 Å². The van der Waals surface area contributed by atoms with Crippen molar-refractivity contribution in [3.63, 3.8) is 0 Å². The average molecular weight is 285 g/mol. The predicted molar refractivity (Wildman–Crippen MR) is 78.4 cm³/mol. The van der Waals surface area contributed by atoms with Crippen molar-refractivity contribution in [3.05, 3.63) is 35.4 Å². The second kappa shape index (κ2) is 7.59. The van der Waals surface area contributed by atoms with Crippen molar-refractivity contribution in [2.24, 2.45) is 0 Å². The molecule has 0 aliphatic heterocycles. The summed E-state index contributed by atoms with van der Waals surface area (Å²) in [6, 6.07) is 8.44. The summed E-state index contributed by atoms with van der Waals surface area (Å²) in [5, 5.41) is 0.